The highest BCUT2D eigenvalue weighted by molar-refractivity contribution is 14.0. The van der Waals surface area contributed by atoms with Crippen molar-refractivity contribution in [1.82, 2.24) is 25.4 Å². The number of aromatic nitrogens is 3. The van der Waals surface area contributed by atoms with Crippen LogP contribution in [0.3, 0.4) is 0 Å². The number of rotatable bonds is 5. The van der Waals surface area contributed by atoms with Crippen molar-refractivity contribution in [1.29, 1.82) is 0 Å². The zero-order valence-corrected chi connectivity index (χ0v) is 18.4. The fourth-order valence-corrected chi connectivity index (χ4v) is 2.71. The first-order valence-electron chi connectivity index (χ1n) is 8.76. The monoisotopic (exact) mass is 494 g/mol. The third-order valence-electron chi connectivity index (χ3n) is 4.34. The van der Waals surface area contributed by atoms with Crippen molar-refractivity contribution in [2.75, 3.05) is 7.05 Å². The summed E-state index contributed by atoms with van der Waals surface area (Å²) in [5.74, 6) is 1.16. The third kappa shape index (κ3) is 5.28. The Hall–Kier alpha value is -2.49. The molecule has 0 saturated heterocycles. The zero-order valence-electron chi connectivity index (χ0n) is 16.1. The Morgan fingerprint density at radius 2 is 1.96 bits per heavy atom. The van der Waals surface area contributed by atoms with Crippen LogP contribution in [0.1, 0.15) is 29.9 Å². The summed E-state index contributed by atoms with van der Waals surface area (Å²) >= 11 is 0. The van der Waals surface area contributed by atoms with Crippen molar-refractivity contribution >= 4 is 29.9 Å². The molecule has 0 bridgehead atoms. The normalized spacial score (nSPS) is 12.2. The predicted octanol–water partition coefficient (Wildman–Crippen LogP) is 3.76. The van der Waals surface area contributed by atoms with Gasteiger partial charge in [-0.3, -0.25) is 9.56 Å². The Bertz CT molecular complexity index is 925. The molecule has 2 aromatic carbocycles. The number of benzene rings is 2. The van der Waals surface area contributed by atoms with Crippen LogP contribution in [0.25, 0.3) is 5.69 Å². The number of hydrogen-bond donors (Lipinski definition) is 2. The molecule has 6 nitrogen and oxygen atoms in total. The minimum absolute atomic E-state index is 0. The van der Waals surface area contributed by atoms with Gasteiger partial charge in [0.1, 0.15) is 12.1 Å². The quantitative estimate of drug-likeness (QED) is 0.322. The Morgan fingerprint density at radius 1 is 1.21 bits per heavy atom. The lowest BCUT2D eigenvalue weighted by molar-refractivity contribution is 0.607. The first-order valence-corrected chi connectivity index (χ1v) is 8.76. The van der Waals surface area contributed by atoms with Gasteiger partial charge < -0.3 is 10.6 Å². The molecule has 0 saturated carbocycles. The highest BCUT2D eigenvalue weighted by atomic mass is 127. The van der Waals surface area contributed by atoms with Crippen LogP contribution in [0.2, 0.25) is 0 Å². The van der Waals surface area contributed by atoms with E-state index in [2.05, 4.69) is 25.8 Å². The van der Waals surface area contributed by atoms with E-state index >= 15 is 0 Å². The van der Waals surface area contributed by atoms with Gasteiger partial charge in [0.25, 0.3) is 0 Å². The molecule has 3 aromatic rings. The number of halogens is 2. The highest BCUT2D eigenvalue weighted by Crippen LogP contribution is 2.16. The van der Waals surface area contributed by atoms with Gasteiger partial charge in [-0.2, -0.15) is 0 Å². The third-order valence-corrected chi connectivity index (χ3v) is 4.34. The van der Waals surface area contributed by atoms with Crippen LogP contribution in [0.5, 0.6) is 0 Å². The summed E-state index contributed by atoms with van der Waals surface area (Å²) in [5.41, 5.74) is 2.48. The van der Waals surface area contributed by atoms with E-state index in [-0.39, 0.29) is 35.8 Å². The molecule has 0 fully saturated rings. The summed E-state index contributed by atoms with van der Waals surface area (Å²) in [4.78, 5) is 4.24. The summed E-state index contributed by atoms with van der Waals surface area (Å²) in [6, 6.07) is 15.0. The molecule has 0 aliphatic carbocycles. The van der Waals surface area contributed by atoms with Gasteiger partial charge in [0.2, 0.25) is 0 Å². The summed E-state index contributed by atoms with van der Waals surface area (Å²) in [5, 5.41) is 14.7. The molecule has 1 atom stereocenters. The molecule has 0 aliphatic heterocycles. The Morgan fingerprint density at radius 3 is 2.64 bits per heavy atom. The molecule has 8 heteroatoms. The van der Waals surface area contributed by atoms with Crippen LogP contribution in [-0.4, -0.2) is 27.8 Å². The number of para-hydroxylation sites is 1. The summed E-state index contributed by atoms with van der Waals surface area (Å²) < 4.78 is 15.7. The number of guanidine groups is 1. The number of hydrogen-bond acceptors (Lipinski definition) is 3. The molecule has 0 aliphatic rings. The molecular weight excluding hydrogens is 470 g/mol. The maximum atomic E-state index is 13.8. The number of aryl methyl sites for hydroxylation is 1. The van der Waals surface area contributed by atoms with E-state index in [1.165, 1.54) is 0 Å². The van der Waals surface area contributed by atoms with E-state index in [0.717, 1.165) is 17.1 Å². The van der Waals surface area contributed by atoms with Crippen molar-refractivity contribution in [3.05, 3.63) is 77.6 Å². The predicted molar refractivity (Wildman–Crippen MR) is 120 cm³/mol. The van der Waals surface area contributed by atoms with Gasteiger partial charge in [0, 0.05) is 12.7 Å². The standard InChI is InChI=1S/C20H23FN6.HI/c1-14-9-10-16(11-18(14)21)15(2)25-20(22-3)23-12-19-26-24-13-27(19)17-7-5-4-6-8-17;/h4-11,13,15H,12H2,1-3H3,(H2,22,23,25);1H. The van der Waals surface area contributed by atoms with Crippen LogP contribution >= 0.6 is 24.0 Å². The van der Waals surface area contributed by atoms with Gasteiger partial charge in [0.05, 0.1) is 12.6 Å². The maximum Gasteiger partial charge on any atom is 0.191 e. The molecule has 1 aromatic heterocycles. The van der Waals surface area contributed by atoms with Crippen molar-refractivity contribution in [3.8, 4) is 5.69 Å². The summed E-state index contributed by atoms with van der Waals surface area (Å²) in [6.45, 7) is 4.16. The topological polar surface area (TPSA) is 67.1 Å². The molecule has 1 heterocycles. The lowest BCUT2D eigenvalue weighted by Gasteiger charge is -2.18. The largest absolute Gasteiger partial charge is 0.350 e. The fraction of sp³-hybridized carbons (Fsp3) is 0.250. The minimum Gasteiger partial charge on any atom is -0.350 e. The Kier molecular flexibility index (Phi) is 7.91. The Balaban J connectivity index is 0.00000280. The lowest BCUT2D eigenvalue weighted by atomic mass is 10.1. The van der Waals surface area contributed by atoms with E-state index < -0.39 is 0 Å². The van der Waals surface area contributed by atoms with Crippen LogP contribution in [0.4, 0.5) is 4.39 Å². The second-order valence-electron chi connectivity index (χ2n) is 6.25. The van der Waals surface area contributed by atoms with Gasteiger partial charge >= 0.3 is 0 Å². The van der Waals surface area contributed by atoms with E-state index in [1.54, 1.807) is 32.4 Å². The van der Waals surface area contributed by atoms with Crippen molar-refractivity contribution in [3.63, 3.8) is 0 Å². The summed E-state index contributed by atoms with van der Waals surface area (Å²) in [6.07, 6.45) is 1.68. The number of nitrogens with zero attached hydrogens (tertiary/aromatic N) is 4. The van der Waals surface area contributed by atoms with E-state index in [9.17, 15) is 4.39 Å². The molecular formula is C20H24FIN6. The van der Waals surface area contributed by atoms with Crippen molar-refractivity contribution < 1.29 is 4.39 Å². The SMILES string of the molecule is CN=C(NCc1nncn1-c1ccccc1)NC(C)c1ccc(C)c(F)c1.I. The van der Waals surface area contributed by atoms with Crippen LogP contribution < -0.4 is 10.6 Å². The second kappa shape index (κ2) is 10.2. The maximum absolute atomic E-state index is 13.8. The minimum atomic E-state index is -0.208. The van der Waals surface area contributed by atoms with Crippen LogP contribution in [-0.2, 0) is 6.54 Å². The number of nitrogens with one attached hydrogen (secondary N) is 2. The molecule has 0 radical (unpaired) electrons. The van der Waals surface area contributed by atoms with Gasteiger partial charge in [-0.05, 0) is 43.2 Å². The Labute approximate surface area is 181 Å². The zero-order chi connectivity index (χ0) is 19.2. The smallest absolute Gasteiger partial charge is 0.191 e. The molecule has 0 spiro atoms. The fourth-order valence-electron chi connectivity index (χ4n) is 2.71. The molecule has 2 N–H and O–H groups in total. The highest BCUT2D eigenvalue weighted by Gasteiger charge is 2.11. The van der Waals surface area contributed by atoms with Gasteiger partial charge in [-0.25, -0.2) is 4.39 Å². The molecule has 3 rings (SSSR count). The first-order chi connectivity index (χ1) is 13.1. The molecule has 28 heavy (non-hydrogen) atoms. The average molecular weight is 494 g/mol. The van der Waals surface area contributed by atoms with E-state index in [1.807, 2.05) is 47.9 Å². The average Bonchev–Trinajstić information content (AvgIpc) is 3.16. The van der Waals surface area contributed by atoms with Crippen molar-refractivity contribution in [2.24, 2.45) is 4.99 Å². The molecule has 0 amide bonds. The van der Waals surface area contributed by atoms with Crippen LogP contribution in [0.15, 0.2) is 59.9 Å². The first kappa shape index (κ1) is 21.8. The molecule has 148 valence electrons. The van der Waals surface area contributed by atoms with Gasteiger partial charge in [-0.1, -0.05) is 30.3 Å². The van der Waals surface area contributed by atoms with E-state index in [0.29, 0.717) is 18.1 Å². The van der Waals surface area contributed by atoms with E-state index in [4.69, 9.17) is 0 Å². The summed E-state index contributed by atoms with van der Waals surface area (Å²) in [7, 11) is 1.69. The second-order valence-corrected chi connectivity index (χ2v) is 6.25. The lowest BCUT2D eigenvalue weighted by Crippen LogP contribution is -2.38. The van der Waals surface area contributed by atoms with Crippen LogP contribution in [0, 0.1) is 12.7 Å². The van der Waals surface area contributed by atoms with Gasteiger partial charge in [0.15, 0.2) is 11.8 Å². The molecule has 1 unspecified atom stereocenters. The van der Waals surface area contributed by atoms with Gasteiger partial charge in [-0.15, -0.1) is 34.2 Å². The van der Waals surface area contributed by atoms with Crippen molar-refractivity contribution in [2.45, 2.75) is 26.4 Å². The number of aliphatic imine (C=N–C) groups is 1.